The number of hydrogen-bond donors (Lipinski definition) is 2. The number of benzene rings is 1. The van der Waals surface area contributed by atoms with Crippen molar-refractivity contribution in [3.05, 3.63) is 52.1 Å². The summed E-state index contributed by atoms with van der Waals surface area (Å²) in [5.41, 5.74) is 7.89. The lowest BCUT2D eigenvalue weighted by molar-refractivity contribution is 0.229. The first-order chi connectivity index (χ1) is 11.0. The maximum absolute atomic E-state index is 12.2. The van der Waals surface area contributed by atoms with Crippen molar-refractivity contribution in [1.29, 1.82) is 0 Å². The molecule has 1 aliphatic carbocycles. The Labute approximate surface area is 144 Å². The Balaban J connectivity index is 0.00000169. The van der Waals surface area contributed by atoms with Gasteiger partial charge in [0, 0.05) is 6.07 Å². The fourth-order valence-electron chi connectivity index (χ4n) is 2.71. The number of aromatic amines is 1. The smallest absolute Gasteiger partial charge is 0.276 e. The summed E-state index contributed by atoms with van der Waals surface area (Å²) >= 11 is 0. The van der Waals surface area contributed by atoms with Gasteiger partial charge in [-0.3, -0.25) is 9.89 Å². The number of nitrogens with one attached hydrogen (secondary N) is 1. The predicted octanol–water partition coefficient (Wildman–Crippen LogP) is 2.28. The van der Waals surface area contributed by atoms with Crippen LogP contribution in [0.1, 0.15) is 30.7 Å². The van der Waals surface area contributed by atoms with Crippen molar-refractivity contribution in [2.24, 2.45) is 5.73 Å². The van der Waals surface area contributed by atoms with Crippen LogP contribution in [0.2, 0.25) is 0 Å². The SMILES string of the molecule is Cc1ccc(-n2[nH]c(-c3nc(C4(N)CCC4)no3)cc2=O)cc1.Cl. The lowest BCUT2D eigenvalue weighted by Crippen LogP contribution is -2.44. The molecule has 1 aromatic carbocycles. The third-order valence-corrected chi connectivity index (χ3v) is 4.36. The normalized spacial score (nSPS) is 15.6. The molecule has 0 saturated heterocycles. The van der Waals surface area contributed by atoms with Crippen LogP contribution in [0.5, 0.6) is 0 Å². The highest BCUT2D eigenvalue weighted by Crippen LogP contribution is 2.37. The molecule has 4 rings (SSSR count). The number of halogens is 1. The fraction of sp³-hybridized carbons (Fsp3) is 0.312. The molecule has 0 aliphatic heterocycles. The second-order valence-corrected chi connectivity index (χ2v) is 6.11. The second-order valence-electron chi connectivity index (χ2n) is 6.11. The standard InChI is InChI=1S/C16H17N5O2.ClH/c1-10-3-5-11(6-4-10)21-13(22)9-12(19-21)14-18-15(20-23-14)16(17)7-2-8-16;/h3-6,9,19H,2,7-8,17H2,1H3;1H. The van der Waals surface area contributed by atoms with Crippen molar-refractivity contribution in [3.8, 4) is 17.3 Å². The van der Waals surface area contributed by atoms with E-state index in [9.17, 15) is 4.79 Å². The van der Waals surface area contributed by atoms with E-state index in [0.29, 0.717) is 11.5 Å². The maximum Gasteiger partial charge on any atom is 0.276 e. The Bertz CT molecular complexity index is 905. The molecule has 2 heterocycles. The number of aromatic nitrogens is 4. The van der Waals surface area contributed by atoms with Gasteiger partial charge >= 0.3 is 0 Å². The molecule has 7 nitrogen and oxygen atoms in total. The number of rotatable bonds is 3. The van der Waals surface area contributed by atoms with E-state index in [1.807, 2.05) is 31.2 Å². The number of nitrogens with zero attached hydrogens (tertiary/aromatic N) is 3. The highest BCUT2D eigenvalue weighted by molar-refractivity contribution is 5.85. The number of hydrogen-bond acceptors (Lipinski definition) is 5. The molecular weight excluding hydrogens is 330 g/mol. The van der Waals surface area contributed by atoms with Crippen molar-refractivity contribution >= 4 is 12.4 Å². The van der Waals surface area contributed by atoms with Gasteiger partial charge in [0.1, 0.15) is 5.69 Å². The molecule has 0 atom stereocenters. The molecule has 0 spiro atoms. The summed E-state index contributed by atoms with van der Waals surface area (Å²) in [4.78, 5) is 16.5. The zero-order valence-corrected chi connectivity index (χ0v) is 14.0. The predicted molar refractivity (Wildman–Crippen MR) is 91.4 cm³/mol. The Morgan fingerprint density at radius 1 is 1.29 bits per heavy atom. The molecule has 0 amide bonds. The summed E-state index contributed by atoms with van der Waals surface area (Å²) in [5, 5.41) is 6.97. The molecule has 126 valence electrons. The van der Waals surface area contributed by atoms with Crippen LogP contribution in [-0.4, -0.2) is 19.9 Å². The van der Waals surface area contributed by atoms with Crippen LogP contribution in [0.3, 0.4) is 0 Å². The van der Waals surface area contributed by atoms with E-state index in [1.165, 1.54) is 10.7 Å². The Morgan fingerprint density at radius 3 is 2.62 bits per heavy atom. The zero-order valence-electron chi connectivity index (χ0n) is 13.2. The minimum atomic E-state index is -0.485. The van der Waals surface area contributed by atoms with Gasteiger partial charge in [0.2, 0.25) is 0 Å². The molecule has 0 unspecified atom stereocenters. The van der Waals surface area contributed by atoms with E-state index in [4.69, 9.17) is 10.3 Å². The molecular formula is C16H18ClN5O2. The first kappa shape index (κ1) is 16.5. The van der Waals surface area contributed by atoms with Gasteiger partial charge in [-0.05, 0) is 38.3 Å². The second kappa shape index (κ2) is 5.92. The zero-order chi connectivity index (χ0) is 16.0. The van der Waals surface area contributed by atoms with Crippen LogP contribution in [0.15, 0.2) is 39.6 Å². The van der Waals surface area contributed by atoms with E-state index in [0.717, 1.165) is 30.5 Å². The van der Waals surface area contributed by atoms with Crippen LogP contribution in [0, 0.1) is 6.92 Å². The monoisotopic (exact) mass is 347 g/mol. The van der Waals surface area contributed by atoms with E-state index in [2.05, 4.69) is 15.2 Å². The van der Waals surface area contributed by atoms with Crippen LogP contribution >= 0.6 is 12.4 Å². The molecule has 3 N–H and O–H groups in total. The van der Waals surface area contributed by atoms with Crippen LogP contribution in [0.25, 0.3) is 17.3 Å². The average Bonchev–Trinajstić information content (AvgIpc) is 3.13. The molecule has 0 radical (unpaired) electrons. The Hall–Kier alpha value is -2.38. The highest BCUT2D eigenvalue weighted by Gasteiger charge is 2.39. The number of aryl methyl sites for hydroxylation is 1. The van der Waals surface area contributed by atoms with E-state index >= 15 is 0 Å². The molecule has 1 saturated carbocycles. The first-order valence-corrected chi connectivity index (χ1v) is 7.58. The van der Waals surface area contributed by atoms with Crippen LogP contribution in [0.4, 0.5) is 0 Å². The maximum atomic E-state index is 12.2. The van der Waals surface area contributed by atoms with Crippen molar-refractivity contribution in [1.82, 2.24) is 19.9 Å². The number of H-pyrrole nitrogens is 1. The van der Waals surface area contributed by atoms with Gasteiger partial charge < -0.3 is 10.3 Å². The molecule has 1 fully saturated rings. The van der Waals surface area contributed by atoms with Crippen molar-refractivity contribution in [2.45, 2.75) is 31.7 Å². The molecule has 2 aromatic heterocycles. The van der Waals surface area contributed by atoms with Crippen molar-refractivity contribution < 1.29 is 4.52 Å². The van der Waals surface area contributed by atoms with Crippen molar-refractivity contribution in [3.63, 3.8) is 0 Å². The van der Waals surface area contributed by atoms with Gasteiger partial charge in [0.25, 0.3) is 11.4 Å². The minimum Gasteiger partial charge on any atom is -0.332 e. The summed E-state index contributed by atoms with van der Waals surface area (Å²) in [7, 11) is 0. The summed E-state index contributed by atoms with van der Waals surface area (Å²) < 4.78 is 6.72. The number of nitrogens with two attached hydrogens (primary N) is 1. The van der Waals surface area contributed by atoms with Gasteiger partial charge in [-0.25, -0.2) is 4.68 Å². The lowest BCUT2D eigenvalue weighted by atomic mass is 9.77. The summed E-state index contributed by atoms with van der Waals surface area (Å²) in [6.07, 6.45) is 2.78. The first-order valence-electron chi connectivity index (χ1n) is 7.58. The topological polar surface area (TPSA) is 103 Å². The third-order valence-electron chi connectivity index (χ3n) is 4.36. The van der Waals surface area contributed by atoms with E-state index in [-0.39, 0.29) is 23.9 Å². The van der Waals surface area contributed by atoms with E-state index in [1.54, 1.807) is 0 Å². The Morgan fingerprint density at radius 2 is 2.00 bits per heavy atom. The van der Waals surface area contributed by atoms with Gasteiger partial charge in [-0.1, -0.05) is 22.9 Å². The largest absolute Gasteiger partial charge is 0.332 e. The lowest BCUT2D eigenvalue weighted by Gasteiger charge is -2.34. The highest BCUT2D eigenvalue weighted by atomic mass is 35.5. The summed E-state index contributed by atoms with van der Waals surface area (Å²) in [6, 6.07) is 9.09. The molecule has 3 aromatic rings. The third kappa shape index (κ3) is 2.65. The van der Waals surface area contributed by atoms with Gasteiger partial charge in [-0.15, -0.1) is 12.4 Å². The van der Waals surface area contributed by atoms with Gasteiger partial charge in [0.05, 0.1) is 11.2 Å². The fourth-order valence-corrected chi connectivity index (χ4v) is 2.71. The molecule has 24 heavy (non-hydrogen) atoms. The minimum absolute atomic E-state index is 0. The van der Waals surface area contributed by atoms with Gasteiger partial charge in [0.15, 0.2) is 5.82 Å². The summed E-state index contributed by atoms with van der Waals surface area (Å²) in [5.74, 6) is 0.780. The van der Waals surface area contributed by atoms with Crippen LogP contribution in [-0.2, 0) is 5.54 Å². The molecule has 0 bridgehead atoms. The van der Waals surface area contributed by atoms with Gasteiger partial charge in [-0.2, -0.15) is 4.98 Å². The quantitative estimate of drug-likeness (QED) is 0.756. The average molecular weight is 348 g/mol. The molecule has 8 heteroatoms. The van der Waals surface area contributed by atoms with Crippen LogP contribution < -0.4 is 11.3 Å². The summed E-state index contributed by atoms with van der Waals surface area (Å²) in [6.45, 7) is 2.00. The molecule has 1 aliphatic rings. The van der Waals surface area contributed by atoms with E-state index < -0.39 is 5.54 Å². The van der Waals surface area contributed by atoms with Crippen molar-refractivity contribution in [2.75, 3.05) is 0 Å². The Kier molecular flexibility index (Phi) is 4.06.